The lowest BCUT2D eigenvalue weighted by molar-refractivity contribution is -0.118. The Kier molecular flexibility index (Phi) is 5.44. The molecule has 12 nitrogen and oxygen atoms in total. The number of aromatic nitrogens is 3. The van der Waals surface area contributed by atoms with Crippen molar-refractivity contribution in [2.75, 3.05) is 50.1 Å². The van der Waals surface area contributed by atoms with Crippen LogP contribution in [-0.4, -0.2) is 77.4 Å². The zero-order valence-electron chi connectivity index (χ0n) is 19.5. The molecule has 0 aromatic carbocycles. The highest BCUT2D eigenvalue weighted by Crippen LogP contribution is 2.32. The van der Waals surface area contributed by atoms with Crippen LogP contribution in [0.15, 0.2) is 41.2 Å². The first kappa shape index (κ1) is 22.3. The van der Waals surface area contributed by atoms with Crippen molar-refractivity contribution < 1.29 is 23.8 Å². The molecule has 0 radical (unpaired) electrons. The highest BCUT2D eigenvalue weighted by Gasteiger charge is 2.43. The number of carbonyl (C=O) groups excluding carboxylic acids is 2. The van der Waals surface area contributed by atoms with Gasteiger partial charge in [-0.25, -0.2) is 9.78 Å². The molecule has 0 unspecified atom stereocenters. The summed E-state index contributed by atoms with van der Waals surface area (Å²) in [5.41, 5.74) is 0.442. The molecule has 3 aromatic rings. The Labute approximate surface area is 205 Å². The molecule has 2 atom stereocenters. The summed E-state index contributed by atoms with van der Waals surface area (Å²) in [6.07, 6.45) is -0.716. The Hall–Kier alpha value is -4.19. The van der Waals surface area contributed by atoms with Crippen LogP contribution in [0.4, 0.5) is 16.4 Å². The van der Waals surface area contributed by atoms with Crippen molar-refractivity contribution in [2.24, 2.45) is 5.92 Å². The molecule has 0 saturated carbocycles. The van der Waals surface area contributed by atoms with Crippen LogP contribution in [0.25, 0.3) is 11.0 Å². The Morgan fingerprint density at radius 3 is 2.75 bits per heavy atom. The van der Waals surface area contributed by atoms with Crippen LogP contribution in [0, 0.1) is 5.92 Å². The molecule has 2 saturated heterocycles. The minimum absolute atomic E-state index is 0.0616. The maximum absolute atomic E-state index is 12.8. The number of ether oxygens (including phenoxy) is 3. The van der Waals surface area contributed by atoms with E-state index in [1.165, 1.54) is 4.90 Å². The molecule has 2 amide bonds. The molecular formula is C24H24N6O6. The Balaban J connectivity index is 1.15. The van der Waals surface area contributed by atoms with Gasteiger partial charge in [0.2, 0.25) is 5.88 Å². The van der Waals surface area contributed by atoms with Gasteiger partial charge in [-0.2, -0.15) is 4.98 Å². The van der Waals surface area contributed by atoms with E-state index in [1.54, 1.807) is 42.0 Å². The smallest absolute Gasteiger partial charge is 0.415 e. The van der Waals surface area contributed by atoms with Crippen molar-refractivity contribution in [3.05, 3.63) is 46.8 Å². The van der Waals surface area contributed by atoms with Crippen molar-refractivity contribution in [3.63, 3.8) is 0 Å². The normalized spacial score (nSPS) is 21.4. The first-order valence-electron chi connectivity index (χ1n) is 11.7. The van der Waals surface area contributed by atoms with E-state index in [9.17, 15) is 14.4 Å². The number of rotatable bonds is 5. The Bertz CT molecular complexity index is 1420. The van der Waals surface area contributed by atoms with Crippen molar-refractivity contribution in [2.45, 2.75) is 12.6 Å². The number of methoxy groups -OCH3 is 1. The van der Waals surface area contributed by atoms with Crippen LogP contribution >= 0.6 is 0 Å². The van der Waals surface area contributed by atoms with Crippen molar-refractivity contribution in [3.8, 4) is 11.6 Å². The summed E-state index contributed by atoms with van der Waals surface area (Å²) < 4.78 is 18.0. The molecule has 12 heteroatoms. The van der Waals surface area contributed by atoms with Gasteiger partial charge in [-0.1, -0.05) is 0 Å². The highest BCUT2D eigenvalue weighted by atomic mass is 16.6. The summed E-state index contributed by atoms with van der Waals surface area (Å²) >= 11 is 0. The first-order valence-corrected chi connectivity index (χ1v) is 11.7. The molecule has 1 N–H and O–H groups in total. The van der Waals surface area contributed by atoms with Crippen LogP contribution in [0.2, 0.25) is 0 Å². The van der Waals surface area contributed by atoms with Gasteiger partial charge in [-0.3, -0.25) is 24.0 Å². The van der Waals surface area contributed by atoms with Crippen LogP contribution in [0.3, 0.4) is 0 Å². The average Bonchev–Trinajstić information content (AvgIpc) is 3.28. The summed E-state index contributed by atoms with van der Waals surface area (Å²) in [5.74, 6) is 1.38. The zero-order valence-corrected chi connectivity index (χ0v) is 19.5. The number of hydrogen-bond donors (Lipinski definition) is 1. The highest BCUT2D eigenvalue weighted by molar-refractivity contribution is 5.95. The Morgan fingerprint density at radius 1 is 1.03 bits per heavy atom. The number of fused-ring (bicyclic) bond motifs is 3. The monoisotopic (exact) mass is 492 g/mol. The maximum Gasteiger partial charge on any atom is 0.415 e. The third-order valence-corrected chi connectivity index (χ3v) is 6.74. The lowest BCUT2D eigenvalue weighted by Gasteiger charge is -2.33. The quantitative estimate of drug-likeness (QED) is 0.557. The number of nitrogens with zero attached hydrogens (tertiary/aromatic N) is 5. The molecule has 0 aliphatic carbocycles. The number of likely N-dealkylation sites (tertiary alicyclic amines) is 1. The first-order chi connectivity index (χ1) is 17.5. The average molecular weight is 492 g/mol. The molecule has 0 bridgehead atoms. The number of carbonyl (C=O) groups is 2. The third kappa shape index (κ3) is 3.98. The second-order valence-corrected chi connectivity index (χ2v) is 9.00. The van der Waals surface area contributed by atoms with Gasteiger partial charge in [0.25, 0.3) is 11.5 Å². The predicted octanol–water partition coefficient (Wildman–Crippen LogP) is 1.09. The fourth-order valence-electron chi connectivity index (χ4n) is 4.93. The second kappa shape index (κ2) is 8.79. The lowest BCUT2D eigenvalue weighted by Crippen LogP contribution is -2.48. The van der Waals surface area contributed by atoms with Crippen LogP contribution < -0.4 is 25.2 Å². The molecular weight excluding hydrogens is 468 g/mol. The minimum Gasteiger partial charge on any atom is -0.481 e. The molecule has 3 aliphatic rings. The van der Waals surface area contributed by atoms with Gasteiger partial charge in [0.1, 0.15) is 17.6 Å². The standard InChI is InChI=1S/C24H24N6O6/c1-34-20-6-2-14-3-7-21(32)29(23(14)27-20)9-8-28-10-15-11-30(24(33)36-17(15)12-28)18-5-4-16-22(25-18)26-19(31)13-35-16/h2-7,15,17H,8-13H2,1H3,(H,25,26,31)/t15-,17+/m1/s1. The predicted molar refractivity (Wildman–Crippen MR) is 128 cm³/mol. The summed E-state index contributed by atoms with van der Waals surface area (Å²) in [5, 5.41) is 3.52. The van der Waals surface area contributed by atoms with E-state index in [-0.39, 0.29) is 35.9 Å². The van der Waals surface area contributed by atoms with Gasteiger partial charge in [0.05, 0.1) is 7.11 Å². The van der Waals surface area contributed by atoms with E-state index in [4.69, 9.17) is 14.2 Å². The fourth-order valence-corrected chi connectivity index (χ4v) is 4.93. The van der Waals surface area contributed by atoms with Gasteiger partial charge in [0.15, 0.2) is 18.2 Å². The molecule has 6 rings (SSSR count). The van der Waals surface area contributed by atoms with Crippen molar-refractivity contribution >= 4 is 34.7 Å². The number of amides is 2. The van der Waals surface area contributed by atoms with Gasteiger partial charge < -0.3 is 19.5 Å². The van der Waals surface area contributed by atoms with Crippen molar-refractivity contribution in [1.82, 2.24) is 19.4 Å². The van der Waals surface area contributed by atoms with Gasteiger partial charge in [0, 0.05) is 56.2 Å². The van der Waals surface area contributed by atoms with Crippen LogP contribution in [-0.2, 0) is 16.1 Å². The topological polar surface area (TPSA) is 128 Å². The zero-order chi connectivity index (χ0) is 24.8. The van der Waals surface area contributed by atoms with E-state index in [0.717, 1.165) is 5.39 Å². The van der Waals surface area contributed by atoms with Gasteiger partial charge >= 0.3 is 6.09 Å². The number of anilines is 2. The van der Waals surface area contributed by atoms with Gasteiger partial charge in [-0.15, -0.1) is 0 Å². The summed E-state index contributed by atoms with van der Waals surface area (Å²) in [6.45, 7) is 2.71. The summed E-state index contributed by atoms with van der Waals surface area (Å²) in [6, 6.07) is 10.3. The molecule has 3 aromatic heterocycles. The molecule has 186 valence electrons. The van der Waals surface area contributed by atoms with E-state index in [1.807, 2.05) is 6.07 Å². The molecule has 36 heavy (non-hydrogen) atoms. The van der Waals surface area contributed by atoms with E-state index in [2.05, 4.69) is 20.2 Å². The van der Waals surface area contributed by atoms with Crippen LogP contribution in [0.5, 0.6) is 11.6 Å². The fraction of sp³-hybridized carbons (Fsp3) is 0.375. The molecule has 3 aliphatic heterocycles. The summed E-state index contributed by atoms with van der Waals surface area (Å²) in [4.78, 5) is 49.5. The largest absolute Gasteiger partial charge is 0.481 e. The SMILES string of the molecule is COc1ccc2ccc(=O)n(CCN3C[C@@H]4CN(c5ccc6c(n5)NC(=O)CO6)C(=O)O[C@H]4C3)c2n1. The maximum atomic E-state index is 12.8. The number of nitrogens with one attached hydrogen (secondary N) is 1. The molecule has 0 spiro atoms. The van der Waals surface area contributed by atoms with E-state index >= 15 is 0 Å². The number of hydrogen-bond acceptors (Lipinski definition) is 9. The molecule has 6 heterocycles. The lowest BCUT2D eigenvalue weighted by atomic mass is 10.0. The third-order valence-electron chi connectivity index (χ3n) is 6.74. The summed E-state index contributed by atoms with van der Waals surface area (Å²) in [7, 11) is 1.54. The van der Waals surface area contributed by atoms with E-state index < -0.39 is 6.09 Å². The van der Waals surface area contributed by atoms with Crippen molar-refractivity contribution in [1.29, 1.82) is 0 Å². The molecule has 2 fully saturated rings. The van der Waals surface area contributed by atoms with Crippen LogP contribution in [0.1, 0.15) is 0 Å². The Morgan fingerprint density at radius 2 is 1.89 bits per heavy atom. The van der Waals surface area contributed by atoms with Gasteiger partial charge in [-0.05, 0) is 24.3 Å². The van der Waals surface area contributed by atoms with E-state index in [0.29, 0.717) is 55.8 Å². The number of pyridine rings is 3. The minimum atomic E-state index is -0.477. The second-order valence-electron chi connectivity index (χ2n) is 9.00.